The van der Waals surface area contributed by atoms with Gasteiger partial charge in [0.05, 0.1) is 4.92 Å². The minimum Gasteiger partial charge on any atom is -0.379 e. The first kappa shape index (κ1) is 18.8. The first-order valence-electron chi connectivity index (χ1n) is 9.00. The van der Waals surface area contributed by atoms with E-state index in [4.69, 9.17) is 0 Å². The summed E-state index contributed by atoms with van der Waals surface area (Å²) >= 11 is 0. The Bertz CT molecular complexity index is 776. The van der Waals surface area contributed by atoms with Crippen LogP contribution in [0.3, 0.4) is 0 Å². The molecule has 1 aliphatic rings. The molecule has 8 nitrogen and oxygen atoms in total. The van der Waals surface area contributed by atoms with Gasteiger partial charge in [-0.25, -0.2) is 0 Å². The highest BCUT2D eigenvalue weighted by molar-refractivity contribution is 5.77. The molecule has 0 bridgehead atoms. The van der Waals surface area contributed by atoms with E-state index in [-0.39, 0.29) is 11.6 Å². The van der Waals surface area contributed by atoms with Crippen molar-refractivity contribution in [1.82, 2.24) is 14.8 Å². The number of anilines is 1. The van der Waals surface area contributed by atoms with E-state index in [9.17, 15) is 14.9 Å². The number of benzene rings is 1. The van der Waals surface area contributed by atoms with E-state index >= 15 is 0 Å². The number of amides is 1. The molecule has 0 radical (unpaired) electrons. The molecule has 1 fully saturated rings. The number of hydrogen-bond donors (Lipinski definition) is 1. The molecule has 1 aromatic heterocycles. The molecule has 8 heteroatoms. The third kappa shape index (κ3) is 5.24. The first-order valence-corrected chi connectivity index (χ1v) is 9.00. The second-order valence-electron chi connectivity index (χ2n) is 6.47. The maximum atomic E-state index is 12.4. The Morgan fingerprint density at radius 2 is 1.93 bits per heavy atom. The van der Waals surface area contributed by atoms with Gasteiger partial charge in [-0.15, -0.1) is 0 Å². The molecule has 0 unspecified atom stereocenters. The van der Waals surface area contributed by atoms with Gasteiger partial charge in [0.1, 0.15) is 5.69 Å². The Balaban J connectivity index is 1.42. The molecule has 142 valence electrons. The summed E-state index contributed by atoms with van der Waals surface area (Å²) < 4.78 is 0. The second kappa shape index (κ2) is 9.09. The molecule has 1 aliphatic heterocycles. The Labute approximate surface area is 158 Å². The predicted octanol–water partition coefficient (Wildman–Crippen LogP) is 2.14. The van der Waals surface area contributed by atoms with Crippen molar-refractivity contribution in [2.24, 2.45) is 0 Å². The number of carbonyl (C=O) groups excluding carboxylic acids is 1. The van der Waals surface area contributed by atoms with E-state index in [1.807, 2.05) is 17.2 Å². The minimum absolute atomic E-state index is 0.0222. The molecule has 0 saturated carbocycles. The zero-order valence-corrected chi connectivity index (χ0v) is 15.1. The summed E-state index contributed by atoms with van der Waals surface area (Å²) in [5, 5.41) is 14.0. The smallest absolute Gasteiger partial charge is 0.292 e. The van der Waals surface area contributed by atoms with Crippen LogP contribution in [0.4, 0.5) is 11.4 Å². The van der Waals surface area contributed by atoms with Crippen molar-refractivity contribution in [3.63, 3.8) is 0 Å². The van der Waals surface area contributed by atoms with Crippen molar-refractivity contribution in [2.75, 3.05) is 38.0 Å². The third-order valence-corrected chi connectivity index (χ3v) is 4.61. The molecule has 0 spiro atoms. The lowest BCUT2D eigenvalue weighted by atomic mass is 10.2. The average Bonchev–Trinajstić information content (AvgIpc) is 2.69. The lowest BCUT2D eigenvalue weighted by molar-refractivity contribution is -0.384. The molecule has 2 heterocycles. The van der Waals surface area contributed by atoms with Crippen LogP contribution in [0.15, 0.2) is 48.8 Å². The molecule has 1 aromatic carbocycles. The number of piperazine rings is 1. The number of nitro benzene ring substituents is 1. The summed E-state index contributed by atoms with van der Waals surface area (Å²) in [5.74, 6) is 0.0714. The number of para-hydroxylation sites is 2. The summed E-state index contributed by atoms with van der Waals surface area (Å²) in [6.45, 7) is 4.28. The number of nitrogens with one attached hydrogen (secondary N) is 1. The van der Waals surface area contributed by atoms with E-state index in [1.165, 1.54) is 11.6 Å². The van der Waals surface area contributed by atoms with Crippen molar-refractivity contribution < 1.29 is 9.72 Å². The lowest BCUT2D eigenvalue weighted by Gasteiger charge is -2.34. The summed E-state index contributed by atoms with van der Waals surface area (Å²) in [7, 11) is 0. The van der Waals surface area contributed by atoms with E-state index in [0.717, 1.165) is 19.6 Å². The molecule has 1 amide bonds. The molecule has 2 aromatic rings. The first-order chi connectivity index (χ1) is 13.1. The fourth-order valence-corrected chi connectivity index (χ4v) is 3.15. The Kier molecular flexibility index (Phi) is 6.32. The largest absolute Gasteiger partial charge is 0.379 e. The molecule has 1 saturated heterocycles. The summed E-state index contributed by atoms with van der Waals surface area (Å²) in [6, 6.07) is 10.4. The number of pyridine rings is 1. The maximum absolute atomic E-state index is 12.4. The van der Waals surface area contributed by atoms with Crippen molar-refractivity contribution in [3.8, 4) is 0 Å². The van der Waals surface area contributed by atoms with Crippen LogP contribution in [0.2, 0.25) is 0 Å². The second-order valence-corrected chi connectivity index (χ2v) is 6.47. The zero-order valence-electron chi connectivity index (χ0n) is 15.1. The van der Waals surface area contributed by atoms with Crippen molar-refractivity contribution in [1.29, 1.82) is 0 Å². The van der Waals surface area contributed by atoms with Crippen LogP contribution in [-0.2, 0) is 11.3 Å². The minimum atomic E-state index is -0.425. The van der Waals surface area contributed by atoms with E-state index in [1.54, 1.807) is 24.4 Å². The van der Waals surface area contributed by atoms with Gasteiger partial charge in [-0.1, -0.05) is 18.2 Å². The van der Waals surface area contributed by atoms with Gasteiger partial charge in [-0.05, 0) is 17.7 Å². The number of nitrogens with zero attached hydrogens (tertiary/aromatic N) is 4. The third-order valence-electron chi connectivity index (χ3n) is 4.61. The van der Waals surface area contributed by atoms with Crippen LogP contribution < -0.4 is 5.32 Å². The normalized spacial score (nSPS) is 14.7. The number of hydrogen-bond acceptors (Lipinski definition) is 6. The predicted molar refractivity (Wildman–Crippen MR) is 102 cm³/mol. The number of carbonyl (C=O) groups is 1. The van der Waals surface area contributed by atoms with Crippen LogP contribution in [0.5, 0.6) is 0 Å². The van der Waals surface area contributed by atoms with E-state index < -0.39 is 4.92 Å². The van der Waals surface area contributed by atoms with Gasteiger partial charge >= 0.3 is 0 Å². The fourth-order valence-electron chi connectivity index (χ4n) is 3.15. The van der Waals surface area contributed by atoms with Gasteiger partial charge in [-0.2, -0.15) is 0 Å². The Hall–Kier alpha value is -3.00. The highest BCUT2D eigenvalue weighted by Gasteiger charge is 2.21. The van der Waals surface area contributed by atoms with Crippen molar-refractivity contribution in [3.05, 3.63) is 64.5 Å². The Morgan fingerprint density at radius 3 is 2.63 bits per heavy atom. The van der Waals surface area contributed by atoms with Gasteiger partial charge in [-0.3, -0.25) is 24.8 Å². The van der Waals surface area contributed by atoms with Crippen molar-refractivity contribution in [2.45, 2.75) is 13.0 Å². The lowest BCUT2D eigenvalue weighted by Crippen LogP contribution is -2.48. The number of rotatable bonds is 7. The molecule has 0 atom stereocenters. The summed E-state index contributed by atoms with van der Waals surface area (Å²) in [4.78, 5) is 31.3. The zero-order chi connectivity index (χ0) is 19.1. The monoisotopic (exact) mass is 369 g/mol. The average molecular weight is 369 g/mol. The highest BCUT2D eigenvalue weighted by atomic mass is 16.6. The van der Waals surface area contributed by atoms with Gasteiger partial charge in [0.25, 0.3) is 5.69 Å². The van der Waals surface area contributed by atoms with Crippen LogP contribution >= 0.6 is 0 Å². The molecule has 27 heavy (non-hydrogen) atoms. The fraction of sp³-hybridized carbons (Fsp3) is 0.368. The SMILES string of the molecule is O=C(CCNc1ccccc1[N+](=O)[O-])N1CCN(Cc2cccnc2)CC1. The van der Waals surface area contributed by atoms with Gasteiger partial charge < -0.3 is 10.2 Å². The van der Waals surface area contributed by atoms with Crippen LogP contribution in [-0.4, -0.2) is 58.3 Å². The summed E-state index contributed by atoms with van der Waals surface area (Å²) in [6.07, 6.45) is 3.94. The van der Waals surface area contributed by atoms with Gasteiger partial charge in [0, 0.05) is 64.1 Å². The van der Waals surface area contributed by atoms with Crippen molar-refractivity contribution >= 4 is 17.3 Å². The topological polar surface area (TPSA) is 91.6 Å². The Morgan fingerprint density at radius 1 is 1.15 bits per heavy atom. The molecule has 1 N–H and O–H groups in total. The van der Waals surface area contributed by atoms with Gasteiger partial charge in [0.2, 0.25) is 5.91 Å². The highest BCUT2D eigenvalue weighted by Crippen LogP contribution is 2.23. The molecule has 3 rings (SSSR count). The van der Waals surface area contributed by atoms with Crippen LogP contribution in [0.1, 0.15) is 12.0 Å². The van der Waals surface area contributed by atoms with E-state index in [2.05, 4.69) is 21.3 Å². The van der Waals surface area contributed by atoms with E-state index in [0.29, 0.717) is 31.7 Å². The molecular formula is C19H23N5O3. The molecule has 0 aliphatic carbocycles. The molecular weight excluding hydrogens is 346 g/mol. The summed E-state index contributed by atoms with van der Waals surface area (Å²) in [5.41, 5.74) is 1.64. The van der Waals surface area contributed by atoms with Gasteiger partial charge in [0.15, 0.2) is 0 Å². The standard InChI is InChI=1S/C19H23N5O3/c25-19(7-9-21-17-5-1-2-6-18(17)24(26)27)23-12-10-22(11-13-23)15-16-4-3-8-20-14-16/h1-6,8,14,21H,7,9-13,15H2. The number of nitro groups is 1. The van der Waals surface area contributed by atoms with Crippen LogP contribution in [0, 0.1) is 10.1 Å². The quantitative estimate of drug-likeness (QED) is 0.594. The number of aromatic nitrogens is 1. The van der Waals surface area contributed by atoms with Crippen LogP contribution in [0.25, 0.3) is 0 Å². The maximum Gasteiger partial charge on any atom is 0.292 e.